The van der Waals surface area contributed by atoms with E-state index in [-0.39, 0.29) is 17.1 Å². The third-order valence-corrected chi connectivity index (χ3v) is 3.36. The summed E-state index contributed by atoms with van der Waals surface area (Å²) >= 11 is 0. The standard InChI is InChI=1S/C14H16O4S/c1-3-4-5-6-10-18-14(15)12-8-7-9-13(11-12)19(2,16)17/h3-9,11H,10H2,1-2H3/b4-3+,6-5+. The summed E-state index contributed by atoms with van der Waals surface area (Å²) < 4.78 is 27.7. The van der Waals surface area contributed by atoms with Crippen LogP contribution in [0.15, 0.2) is 53.5 Å². The third kappa shape index (κ3) is 5.09. The number of hydrogen-bond donors (Lipinski definition) is 0. The van der Waals surface area contributed by atoms with E-state index in [4.69, 9.17) is 4.74 Å². The van der Waals surface area contributed by atoms with E-state index in [2.05, 4.69) is 0 Å². The molecule has 1 aromatic rings. The van der Waals surface area contributed by atoms with Crippen molar-refractivity contribution in [1.29, 1.82) is 0 Å². The van der Waals surface area contributed by atoms with Crippen LogP contribution in [0.3, 0.4) is 0 Å². The van der Waals surface area contributed by atoms with Crippen LogP contribution in [-0.2, 0) is 14.6 Å². The van der Waals surface area contributed by atoms with Crippen molar-refractivity contribution in [2.75, 3.05) is 12.9 Å². The van der Waals surface area contributed by atoms with Crippen molar-refractivity contribution in [3.8, 4) is 0 Å². The second-order valence-corrected chi connectivity index (χ2v) is 5.87. The van der Waals surface area contributed by atoms with Crippen LogP contribution in [0.4, 0.5) is 0 Å². The molecule has 0 saturated carbocycles. The number of sulfone groups is 1. The summed E-state index contributed by atoms with van der Waals surface area (Å²) in [6.07, 6.45) is 8.22. The maximum atomic E-state index is 11.7. The van der Waals surface area contributed by atoms with E-state index in [1.807, 2.05) is 19.1 Å². The number of rotatable bonds is 5. The average Bonchev–Trinajstić information content (AvgIpc) is 2.37. The third-order valence-electron chi connectivity index (χ3n) is 2.25. The highest BCUT2D eigenvalue weighted by atomic mass is 32.2. The first kappa shape index (κ1) is 15.2. The number of hydrogen-bond acceptors (Lipinski definition) is 4. The van der Waals surface area contributed by atoms with Crippen molar-refractivity contribution in [2.24, 2.45) is 0 Å². The minimum atomic E-state index is -3.32. The Morgan fingerprint density at radius 3 is 2.68 bits per heavy atom. The van der Waals surface area contributed by atoms with Crippen molar-refractivity contribution in [2.45, 2.75) is 11.8 Å². The molecule has 1 rings (SSSR count). The Morgan fingerprint density at radius 1 is 1.32 bits per heavy atom. The number of esters is 1. The predicted octanol–water partition coefficient (Wildman–Crippen LogP) is 2.38. The van der Waals surface area contributed by atoms with Gasteiger partial charge in [-0.15, -0.1) is 0 Å². The maximum Gasteiger partial charge on any atom is 0.338 e. The minimum absolute atomic E-state index is 0.103. The van der Waals surface area contributed by atoms with E-state index >= 15 is 0 Å². The number of allylic oxidation sites excluding steroid dienone is 3. The Balaban J connectivity index is 2.73. The van der Waals surface area contributed by atoms with Crippen LogP contribution in [0.25, 0.3) is 0 Å². The molecule has 0 N–H and O–H groups in total. The van der Waals surface area contributed by atoms with Gasteiger partial charge < -0.3 is 4.74 Å². The SMILES string of the molecule is C/C=C/C=C/COC(=O)c1cccc(S(C)(=O)=O)c1. The average molecular weight is 280 g/mol. The molecule has 0 aliphatic rings. The Bertz CT molecular complexity index is 598. The topological polar surface area (TPSA) is 60.4 Å². The van der Waals surface area contributed by atoms with Gasteiger partial charge >= 0.3 is 5.97 Å². The molecule has 102 valence electrons. The molecule has 0 fully saturated rings. The number of carbonyl (C=O) groups excluding carboxylic acids is 1. The van der Waals surface area contributed by atoms with Crippen LogP contribution >= 0.6 is 0 Å². The molecule has 0 bridgehead atoms. The van der Waals surface area contributed by atoms with Crippen molar-refractivity contribution < 1.29 is 17.9 Å². The molecule has 1 aromatic carbocycles. The lowest BCUT2D eigenvalue weighted by molar-refractivity contribution is 0.0549. The molecular formula is C14H16O4S. The lowest BCUT2D eigenvalue weighted by Gasteiger charge is -2.03. The first-order valence-electron chi connectivity index (χ1n) is 5.70. The molecule has 19 heavy (non-hydrogen) atoms. The van der Waals surface area contributed by atoms with Crippen LogP contribution in [0.2, 0.25) is 0 Å². The number of benzene rings is 1. The van der Waals surface area contributed by atoms with E-state index in [1.54, 1.807) is 12.2 Å². The van der Waals surface area contributed by atoms with Gasteiger partial charge in [-0.2, -0.15) is 0 Å². The zero-order valence-electron chi connectivity index (χ0n) is 10.9. The van der Waals surface area contributed by atoms with Gasteiger partial charge in [0.1, 0.15) is 6.61 Å². The van der Waals surface area contributed by atoms with E-state index in [1.165, 1.54) is 24.3 Å². The van der Waals surface area contributed by atoms with Gasteiger partial charge in [-0.25, -0.2) is 13.2 Å². The lowest BCUT2D eigenvalue weighted by atomic mass is 10.2. The van der Waals surface area contributed by atoms with Crippen LogP contribution in [-0.4, -0.2) is 27.2 Å². The molecule has 0 heterocycles. The van der Waals surface area contributed by atoms with E-state index in [0.717, 1.165) is 6.26 Å². The zero-order valence-corrected chi connectivity index (χ0v) is 11.7. The van der Waals surface area contributed by atoms with Gasteiger partial charge in [-0.1, -0.05) is 24.3 Å². The summed E-state index contributed by atoms with van der Waals surface area (Å²) in [5.41, 5.74) is 0.224. The molecule has 0 spiro atoms. The van der Waals surface area contributed by atoms with Gasteiger partial charge in [0.15, 0.2) is 9.84 Å². The van der Waals surface area contributed by atoms with E-state index < -0.39 is 15.8 Å². The first-order valence-corrected chi connectivity index (χ1v) is 7.59. The van der Waals surface area contributed by atoms with Crippen LogP contribution in [0.5, 0.6) is 0 Å². The van der Waals surface area contributed by atoms with Crippen LogP contribution < -0.4 is 0 Å². The molecule has 0 aromatic heterocycles. The van der Waals surface area contributed by atoms with Gasteiger partial charge in [-0.05, 0) is 31.2 Å². The lowest BCUT2D eigenvalue weighted by Crippen LogP contribution is -2.06. The molecule has 0 amide bonds. The second-order valence-electron chi connectivity index (χ2n) is 3.85. The van der Waals surface area contributed by atoms with Gasteiger partial charge in [0.2, 0.25) is 0 Å². The molecule has 0 aliphatic heterocycles. The summed E-state index contributed by atoms with van der Waals surface area (Å²) in [4.78, 5) is 11.8. The fourth-order valence-electron chi connectivity index (χ4n) is 1.31. The van der Waals surface area contributed by atoms with Crippen molar-refractivity contribution in [3.05, 3.63) is 54.1 Å². The fourth-order valence-corrected chi connectivity index (χ4v) is 1.97. The molecule has 0 atom stereocenters. The summed E-state index contributed by atoms with van der Waals surface area (Å²) in [5, 5.41) is 0. The minimum Gasteiger partial charge on any atom is -0.458 e. The predicted molar refractivity (Wildman–Crippen MR) is 73.8 cm³/mol. The fraction of sp³-hybridized carbons (Fsp3) is 0.214. The zero-order chi connectivity index (χ0) is 14.3. The highest BCUT2D eigenvalue weighted by molar-refractivity contribution is 7.90. The molecule has 0 aliphatic carbocycles. The smallest absolute Gasteiger partial charge is 0.338 e. The number of ether oxygens (including phenoxy) is 1. The molecule has 4 nitrogen and oxygen atoms in total. The van der Waals surface area contributed by atoms with Crippen LogP contribution in [0, 0.1) is 0 Å². The van der Waals surface area contributed by atoms with Gasteiger partial charge in [-0.3, -0.25) is 0 Å². The monoisotopic (exact) mass is 280 g/mol. The summed E-state index contributed by atoms with van der Waals surface area (Å²) in [6.45, 7) is 2.03. The summed E-state index contributed by atoms with van der Waals surface area (Å²) in [6, 6.07) is 5.79. The van der Waals surface area contributed by atoms with Gasteiger partial charge in [0.05, 0.1) is 10.5 Å². The quantitative estimate of drug-likeness (QED) is 0.613. The Morgan fingerprint density at radius 2 is 2.05 bits per heavy atom. The largest absolute Gasteiger partial charge is 0.458 e. The normalized spacial score (nSPS) is 12.1. The summed E-state index contributed by atoms with van der Waals surface area (Å²) in [7, 11) is -3.32. The van der Waals surface area contributed by atoms with E-state index in [0.29, 0.717) is 0 Å². The summed E-state index contributed by atoms with van der Waals surface area (Å²) in [5.74, 6) is -0.546. The molecule has 5 heteroatoms. The Hall–Kier alpha value is -1.88. The van der Waals surface area contributed by atoms with E-state index in [9.17, 15) is 13.2 Å². The van der Waals surface area contributed by atoms with Crippen molar-refractivity contribution >= 4 is 15.8 Å². The van der Waals surface area contributed by atoms with Crippen molar-refractivity contribution in [3.63, 3.8) is 0 Å². The Kier molecular flexibility index (Phi) is 5.51. The molecule has 0 radical (unpaired) electrons. The maximum absolute atomic E-state index is 11.7. The molecule has 0 unspecified atom stereocenters. The van der Waals surface area contributed by atoms with Crippen molar-refractivity contribution in [1.82, 2.24) is 0 Å². The second kappa shape index (κ2) is 6.89. The first-order chi connectivity index (χ1) is 8.95. The highest BCUT2D eigenvalue weighted by Gasteiger charge is 2.11. The highest BCUT2D eigenvalue weighted by Crippen LogP contribution is 2.12. The molecule has 0 saturated heterocycles. The van der Waals surface area contributed by atoms with Gasteiger partial charge in [0, 0.05) is 6.26 Å². The number of carbonyl (C=O) groups is 1. The molecular weight excluding hydrogens is 264 g/mol. The Labute approximate surface area is 113 Å². The van der Waals surface area contributed by atoms with Gasteiger partial charge in [0.25, 0.3) is 0 Å². The van der Waals surface area contributed by atoms with Crippen LogP contribution in [0.1, 0.15) is 17.3 Å².